The Balaban J connectivity index is 2.42. The van der Waals surface area contributed by atoms with E-state index in [-0.39, 0.29) is 0 Å². The van der Waals surface area contributed by atoms with Gasteiger partial charge in [-0.25, -0.2) is 8.42 Å². The number of carbonyl (C=O) groups is 1. The van der Waals surface area contributed by atoms with Crippen molar-refractivity contribution >= 4 is 38.9 Å². The minimum atomic E-state index is -3.67. The summed E-state index contributed by atoms with van der Waals surface area (Å²) < 4.78 is 26.3. The zero-order valence-electron chi connectivity index (χ0n) is 16.2. The highest BCUT2D eigenvalue weighted by molar-refractivity contribution is 7.92. The monoisotopic (exact) mass is 408 g/mol. The summed E-state index contributed by atoms with van der Waals surface area (Å²) in [5, 5.41) is 3.32. The van der Waals surface area contributed by atoms with E-state index < -0.39 is 22.0 Å². The summed E-state index contributed by atoms with van der Waals surface area (Å²) in [5.74, 6) is -0.401. The van der Waals surface area contributed by atoms with Crippen LogP contribution in [-0.2, 0) is 14.8 Å². The van der Waals surface area contributed by atoms with E-state index in [9.17, 15) is 13.2 Å². The second kappa shape index (κ2) is 8.31. The summed E-state index contributed by atoms with van der Waals surface area (Å²) in [6.45, 7) is 7.44. The highest BCUT2D eigenvalue weighted by atomic mass is 35.5. The first-order chi connectivity index (χ1) is 12.5. The average Bonchev–Trinajstić information content (AvgIpc) is 2.53. The quantitative estimate of drug-likeness (QED) is 0.767. The maximum Gasteiger partial charge on any atom is 0.248 e. The number of anilines is 2. The maximum atomic E-state index is 12.9. The summed E-state index contributed by atoms with van der Waals surface area (Å²) in [6, 6.07) is 9.83. The number of nitrogens with zero attached hydrogens (tertiary/aromatic N) is 1. The van der Waals surface area contributed by atoms with E-state index in [0.717, 1.165) is 22.9 Å². The second-order valence-corrected chi connectivity index (χ2v) is 9.05. The van der Waals surface area contributed by atoms with Gasteiger partial charge in [0.05, 0.1) is 11.9 Å². The standard InChI is InChI=1S/C20H25ClN2O3S/c1-6-19(20(24)22-16-8-7-15(4)18(21)12-16)23(27(5,25)26)17-10-13(2)9-14(3)11-17/h7-12,19H,6H2,1-5H3,(H,22,24)/t19-/m1/s1. The molecule has 0 saturated carbocycles. The lowest BCUT2D eigenvalue weighted by Crippen LogP contribution is -2.47. The van der Waals surface area contributed by atoms with Crippen molar-refractivity contribution in [2.75, 3.05) is 15.9 Å². The number of hydrogen-bond donors (Lipinski definition) is 1. The topological polar surface area (TPSA) is 66.5 Å². The van der Waals surface area contributed by atoms with Gasteiger partial charge in [0.2, 0.25) is 15.9 Å². The van der Waals surface area contributed by atoms with Crippen LogP contribution in [-0.4, -0.2) is 26.6 Å². The molecule has 0 bridgehead atoms. The van der Waals surface area contributed by atoms with E-state index in [2.05, 4.69) is 5.32 Å². The van der Waals surface area contributed by atoms with E-state index in [1.54, 1.807) is 37.3 Å². The van der Waals surface area contributed by atoms with Crippen LogP contribution in [0.15, 0.2) is 36.4 Å². The Labute approximate surface area is 166 Å². The second-order valence-electron chi connectivity index (χ2n) is 6.78. The lowest BCUT2D eigenvalue weighted by Gasteiger charge is -2.30. The molecule has 7 heteroatoms. The smallest absolute Gasteiger partial charge is 0.248 e. The Bertz CT molecular complexity index is 937. The van der Waals surface area contributed by atoms with Gasteiger partial charge in [0.15, 0.2) is 0 Å². The molecule has 0 fully saturated rings. The van der Waals surface area contributed by atoms with Crippen molar-refractivity contribution in [1.82, 2.24) is 0 Å². The van der Waals surface area contributed by atoms with Crippen LogP contribution in [0.2, 0.25) is 5.02 Å². The fourth-order valence-electron chi connectivity index (χ4n) is 3.03. The summed E-state index contributed by atoms with van der Waals surface area (Å²) in [6.07, 6.45) is 1.44. The Kier molecular flexibility index (Phi) is 6.54. The molecule has 0 spiro atoms. The van der Waals surface area contributed by atoms with Crippen molar-refractivity contribution in [1.29, 1.82) is 0 Å². The SMILES string of the molecule is CC[C@H](C(=O)Nc1ccc(C)c(Cl)c1)N(c1cc(C)cc(C)c1)S(C)(=O)=O. The third-order valence-electron chi connectivity index (χ3n) is 4.23. The van der Waals surface area contributed by atoms with Gasteiger partial charge in [0, 0.05) is 10.7 Å². The molecule has 0 aliphatic carbocycles. The first kappa shape index (κ1) is 21.3. The molecule has 5 nitrogen and oxygen atoms in total. The lowest BCUT2D eigenvalue weighted by atomic mass is 10.1. The van der Waals surface area contributed by atoms with Gasteiger partial charge in [-0.05, 0) is 68.1 Å². The first-order valence-corrected chi connectivity index (χ1v) is 10.9. The molecule has 0 unspecified atom stereocenters. The zero-order valence-corrected chi connectivity index (χ0v) is 17.8. The number of sulfonamides is 1. The van der Waals surface area contributed by atoms with E-state index in [0.29, 0.717) is 22.8 Å². The van der Waals surface area contributed by atoms with Crippen molar-refractivity contribution in [3.63, 3.8) is 0 Å². The molecule has 2 aromatic rings. The van der Waals surface area contributed by atoms with Gasteiger partial charge in [-0.15, -0.1) is 0 Å². The molecule has 2 aromatic carbocycles. The molecule has 1 N–H and O–H groups in total. The minimum Gasteiger partial charge on any atom is -0.324 e. The van der Waals surface area contributed by atoms with Crippen LogP contribution >= 0.6 is 11.6 Å². The summed E-state index contributed by atoms with van der Waals surface area (Å²) in [4.78, 5) is 12.9. The van der Waals surface area contributed by atoms with Crippen LogP contribution in [0.5, 0.6) is 0 Å². The molecule has 27 heavy (non-hydrogen) atoms. The number of nitrogens with one attached hydrogen (secondary N) is 1. The van der Waals surface area contributed by atoms with Gasteiger partial charge in [-0.1, -0.05) is 30.7 Å². The fraction of sp³-hybridized carbons (Fsp3) is 0.350. The van der Waals surface area contributed by atoms with Crippen molar-refractivity contribution < 1.29 is 13.2 Å². The summed E-state index contributed by atoms with van der Waals surface area (Å²) in [5.41, 5.74) is 3.77. The minimum absolute atomic E-state index is 0.325. The Morgan fingerprint density at radius 1 is 1.11 bits per heavy atom. The molecule has 146 valence electrons. The number of carbonyl (C=O) groups excluding carboxylic acids is 1. The molecular formula is C20H25ClN2O3S. The highest BCUT2D eigenvalue weighted by Crippen LogP contribution is 2.26. The Morgan fingerprint density at radius 2 is 1.70 bits per heavy atom. The van der Waals surface area contributed by atoms with Crippen molar-refractivity contribution in [3.8, 4) is 0 Å². The molecule has 1 amide bonds. The van der Waals surface area contributed by atoms with Gasteiger partial charge in [0.1, 0.15) is 6.04 Å². The number of rotatable bonds is 6. The molecule has 0 aliphatic heterocycles. The van der Waals surface area contributed by atoms with Gasteiger partial charge < -0.3 is 5.32 Å². The Hall–Kier alpha value is -2.05. The molecule has 0 radical (unpaired) electrons. The van der Waals surface area contributed by atoms with Gasteiger partial charge >= 0.3 is 0 Å². The predicted molar refractivity (Wildman–Crippen MR) is 112 cm³/mol. The molecule has 0 aromatic heterocycles. The normalized spacial score (nSPS) is 12.5. The Morgan fingerprint density at radius 3 is 2.19 bits per heavy atom. The van der Waals surface area contributed by atoms with E-state index in [4.69, 9.17) is 11.6 Å². The van der Waals surface area contributed by atoms with Crippen LogP contribution in [0.1, 0.15) is 30.0 Å². The van der Waals surface area contributed by atoms with Crippen molar-refractivity contribution in [2.24, 2.45) is 0 Å². The number of benzene rings is 2. The van der Waals surface area contributed by atoms with Crippen molar-refractivity contribution in [2.45, 2.75) is 40.2 Å². The van der Waals surface area contributed by atoms with Crippen LogP contribution in [0.3, 0.4) is 0 Å². The molecule has 0 aliphatic rings. The highest BCUT2D eigenvalue weighted by Gasteiger charge is 2.31. The molecule has 2 rings (SSSR count). The maximum absolute atomic E-state index is 12.9. The van der Waals surface area contributed by atoms with Gasteiger partial charge in [-0.2, -0.15) is 0 Å². The van der Waals surface area contributed by atoms with Crippen LogP contribution < -0.4 is 9.62 Å². The number of amides is 1. The summed E-state index contributed by atoms with van der Waals surface area (Å²) in [7, 11) is -3.67. The third kappa shape index (κ3) is 5.23. The average molecular weight is 409 g/mol. The molecule has 0 heterocycles. The molecule has 0 saturated heterocycles. The number of aryl methyl sites for hydroxylation is 3. The number of hydrogen-bond acceptors (Lipinski definition) is 3. The number of halogens is 1. The zero-order chi connectivity index (χ0) is 20.4. The van der Waals surface area contributed by atoms with Crippen LogP contribution in [0, 0.1) is 20.8 Å². The predicted octanol–water partition coefficient (Wildman–Crippen LogP) is 4.45. The van der Waals surface area contributed by atoms with E-state index in [1.165, 1.54) is 4.31 Å². The third-order valence-corrected chi connectivity index (χ3v) is 5.82. The van der Waals surface area contributed by atoms with Gasteiger partial charge in [-0.3, -0.25) is 9.10 Å². The van der Waals surface area contributed by atoms with Crippen molar-refractivity contribution in [3.05, 3.63) is 58.1 Å². The lowest BCUT2D eigenvalue weighted by molar-refractivity contribution is -0.117. The largest absolute Gasteiger partial charge is 0.324 e. The molecular weight excluding hydrogens is 384 g/mol. The first-order valence-electron chi connectivity index (χ1n) is 8.67. The van der Waals surface area contributed by atoms with Crippen LogP contribution in [0.4, 0.5) is 11.4 Å². The fourth-order valence-corrected chi connectivity index (χ4v) is 4.41. The van der Waals surface area contributed by atoms with Crippen LogP contribution in [0.25, 0.3) is 0 Å². The van der Waals surface area contributed by atoms with E-state index in [1.807, 2.05) is 26.8 Å². The van der Waals surface area contributed by atoms with E-state index >= 15 is 0 Å². The molecule has 1 atom stereocenters. The van der Waals surface area contributed by atoms with Gasteiger partial charge in [0.25, 0.3) is 0 Å². The summed E-state index contributed by atoms with van der Waals surface area (Å²) >= 11 is 6.12.